The van der Waals surface area contributed by atoms with Crippen molar-refractivity contribution in [3.05, 3.63) is 23.8 Å². The molecule has 1 rings (SSSR count). The first-order valence-electron chi connectivity index (χ1n) is 3.40. The van der Waals surface area contributed by atoms with Crippen LogP contribution in [0.2, 0.25) is 0 Å². The van der Waals surface area contributed by atoms with Gasteiger partial charge in [-0.25, -0.2) is 8.78 Å². The Hall–Kier alpha value is -1.32. The van der Waals surface area contributed by atoms with Gasteiger partial charge in [0.2, 0.25) is 0 Å². The lowest BCUT2D eigenvalue weighted by molar-refractivity contribution is 0.409. The molecule has 1 aromatic carbocycles. The summed E-state index contributed by atoms with van der Waals surface area (Å²) in [5.41, 5.74) is 0.0394. The Morgan fingerprint density at radius 3 is 2.50 bits per heavy atom. The molecule has 0 fully saturated rings. The average Bonchev–Trinajstić information content (AvgIpc) is 2.09. The van der Waals surface area contributed by atoms with Crippen molar-refractivity contribution in [1.82, 2.24) is 0 Å². The number of halogens is 2. The lowest BCUT2D eigenvalue weighted by Crippen LogP contribution is -1.99. The predicted octanol–water partition coefficient (Wildman–Crippen LogP) is 2.02. The maximum atomic E-state index is 12.9. The number of methoxy groups -OCH3 is 1. The van der Waals surface area contributed by atoms with Gasteiger partial charge < -0.3 is 10.1 Å². The lowest BCUT2D eigenvalue weighted by Gasteiger charge is -2.08. The molecule has 0 amide bonds. The smallest absolute Gasteiger partial charge is 0.185 e. The minimum absolute atomic E-state index is 0.0394. The summed E-state index contributed by atoms with van der Waals surface area (Å²) in [6.07, 6.45) is 0. The fourth-order valence-electron chi connectivity index (χ4n) is 0.936. The summed E-state index contributed by atoms with van der Waals surface area (Å²) >= 11 is 0. The third-order valence-electron chi connectivity index (χ3n) is 1.53. The molecular formula is C8H9F2NO. The Morgan fingerprint density at radius 1 is 1.33 bits per heavy atom. The largest absolute Gasteiger partial charge is 0.494 e. The maximum absolute atomic E-state index is 12.9. The van der Waals surface area contributed by atoms with Gasteiger partial charge in [0.1, 0.15) is 11.4 Å². The molecule has 0 saturated heterocycles. The lowest BCUT2D eigenvalue weighted by atomic mass is 10.2. The summed E-state index contributed by atoms with van der Waals surface area (Å²) in [6, 6.07) is 2.39. The molecular weight excluding hydrogens is 164 g/mol. The molecule has 2 nitrogen and oxygen atoms in total. The van der Waals surface area contributed by atoms with Gasteiger partial charge in [-0.2, -0.15) is 0 Å². The van der Waals surface area contributed by atoms with E-state index in [1.165, 1.54) is 20.2 Å². The van der Waals surface area contributed by atoms with E-state index in [9.17, 15) is 8.78 Å². The average molecular weight is 173 g/mol. The van der Waals surface area contributed by atoms with Crippen LogP contribution in [0.15, 0.2) is 12.1 Å². The third kappa shape index (κ3) is 1.32. The zero-order valence-corrected chi connectivity index (χ0v) is 6.82. The summed E-state index contributed by atoms with van der Waals surface area (Å²) in [4.78, 5) is 0. The van der Waals surface area contributed by atoms with Crippen LogP contribution in [0.3, 0.4) is 0 Å². The Balaban J connectivity index is 3.25. The summed E-state index contributed by atoms with van der Waals surface area (Å²) in [5, 5.41) is 2.52. The van der Waals surface area contributed by atoms with Crippen molar-refractivity contribution < 1.29 is 13.5 Å². The molecule has 0 bridgehead atoms. The number of benzene rings is 1. The van der Waals surface area contributed by atoms with Crippen LogP contribution >= 0.6 is 0 Å². The van der Waals surface area contributed by atoms with E-state index in [1.807, 2.05) is 0 Å². The van der Waals surface area contributed by atoms with Crippen molar-refractivity contribution >= 4 is 5.69 Å². The Kier molecular flexibility index (Phi) is 2.47. The number of ether oxygens (including phenoxy) is 1. The van der Waals surface area contributed by atoms with Crippen molar-refractivity contribution in [2.75, 3.05) is 19.5 Å². The van der Waals surface area contributed by atoms with E-state index in [0.717, 1.165) is 6.07 Å². The second-order valence-electron chi connectivity index (χ2n) is 2.19. The van der Waals surface area contributed by atoms with Gasteiger partial charge in [0.05, 0.1) is 7.11 Å². The fourth-order valence-corrected chi connectivity index (χ4v) is 0.936. The summed E-state index contributed by atoms with van der Waals surface area (Å²) in [5.74, 6) is -1.52. The SMILES string of the molecule is CNc1c(OC)ccc(F)c1F. The van der Waals surface area contributed by atoms with E-state index >= 15 is 0 Å². The minimum atomic E-state index is -0.920. The second-order valence-corrected chi connectivity index (χ2v) is 2.19. The molecule has 1 aromatic rings. The first-order chi connectivity index (χ1) is 5.70. The number of anilines is 1. The van der Waals surface area contributed by atoms with E-state index < -0.39 is 11.6 Å². The zero-order chi connectivity index (χ0) is 9.14. The maximum Gasteiger partial charge on any atom is 0.185 e. The van der Waals surface area contributed by atoms with Gasteiger partial charge >= 0.3 is 0 Å². The van der Waals surface area contributed by atoms with Crippen molar-refractivity contribution in [1.29, 1.82) is 0 Å². The predicted molar refractivity (Wildman–Crippen MR) is 42.5 cm³/mol. The first-order valence-corrected chi connectivity index (χ1v) is 3.40. The highest BCUT2D eigenvalue weighted by Crippen LogP contribution is 2.28. The second kappa shape index (κ2) is 3.38. The van der Waals surface area contributed by atoms with Crippen LogP contribution in [0.1, 0.15) is 0 Å². The summed E-state index contributed by atoms with van der Waals surface area (Å²) < 4.78 is 30.3. The molecule has 0 radical (unpaired) electrons. The van der Waals surface area contributed by atoms with Crippen LogP contribution in [-0.2, 0) is 0 Å². The van der Waals surface area contributed by atoms with Gasteiger partial charge in [-0.05, 0) is 12.1 Å². The van der Waals surface area contributed by atoms with Gasteiger partial charge in [-0.3, -0.25) is 0 Å². The molecule has 12 heavy (non-hydrogen) atoms. The standard InChI is InChI=1S/C8H9F2NO/c1-11-8-6(12-2)4-3-5(9)7(8)10/h3-4,11H,1-2H3. The van der Waals surface area contributed by atoms with Crippen LogP contribution in [0.25, 0.3) is 0 Å². The van der Waals surface area contributed by atoms with Crippen LogP contribution in [0.4, 0.5) is 14.5 Å². The summed E-state index contributed by atoms with van der Waals surface area (Å²) in [7, 11) is 2.90. The third-order valence-corrected chi connectivity index (χ3v) is 1.53. The monoisotopic (exact) mass is 173 g/mol. The molecule has 0 aliphatic carbocycles. The molecule has 0 spiro atoms. The van der Waals surface area contributed by atoms with Crippen LogP contribution in [-0.4, -0.2) is 14.2 Å². The molecule has 0 aliphatic heterocycles. The first kappa shape index (κ1) is 8.77. The fraction of sp³-hybridized carbons (Fsp3) is 0.250. The van der Waals surface area contributed by atoms with Crippen molar-refractivity contribution in [3.63, 3.8) is 0 Å². The van der Waals surface area contributed by atoms with E-state index in [1.54, 1.807) is 0 Å². The van der Waals surface area contributed by atoms with Gasteiger partial charge in [0.15, 0.2) is 11.6 Å². The van der Waals surface area contributed by atoms with Crippen molar-refractivity contribution in [2.45, 2.75) is 0 Å². The highest BCUT2D eigenvalue weighted by molar-refractivity contribution is 5.57. The van der Waals surface area contributed by atoms with Crippen molar-refractivity contribution in [2.24, 2.45) is 0 Å². The Morgan fingerprint density at radius 2 is 2.00 bits per heavy atom. The number of hydrogen-bond acceptors (Lipinski definition) is 2. The van der Waals surface area contributed by atoms with E-state index in [0.29, 0.717) is 0 Å². The van der Waals surface area contributed by atoms with Crippen molar-refractivity contribution in [3.8, 4) is 5.75 Å². The minimum Gasteiger partial charge on any atom is -0.494 e. The number of rotatable bonds is 2. The van der Waals surface area contributed by atoms with E-state index in [-0.39, 0.29) is 11.4 Å². The number of hydrogen-bond donors (Lipinski definition) is 1. The topological polar surface area (TPSA) is 21.3 Å². The molecule has 4 heteroatoms. The summed E-state index contributed by atoms with van der Waals surface area (Å²) in [6.45, 7) is 0. The molecule has 0 unspecified atom stereocenters. The quantitative estimate of drug-likeness (QED) is 0.738. The van der Waals surface area contributed by atoms with E-state index in [2.05, 4.69) is 5.32 Å². The molecule has 66 valence electrons. The molecule has 0 saturated carbocycles. The normalized spacial score (nSPS) is 9.67. The molecule has 1 N–H and O–H groups in total. The highest BCUT2D eigenvalue weighted by atomic mass is 19.2. The molecule has 0 atom stereocenters. The molecule has 0 aliphatic rings. The van der Waals surface area contributed by atoms with Gasteiger partial charge in [0, 0.05) is 7.05 Å². The Bertz CT molecular complexity index is 289. The van der Waals surface area contributed by atoms with Crippen LogP contribution in [0, 0.1) is 11.6 Å². The van der Waals surface area contributed by atoms with Crippen LogP contribution in [0.5, 0.6) is 5.75 Å². The van der Waals surface area contributed by atoms with Crippen LogP contribution < -0.4 is 10.1 Å². The molecule has 0 aromatic heterocycles. The molecule has 0 heterocycles. The van der Waals surface area contributed by atoms with E-state index in [4.69, 9.17) is 4.74 Å². The van der Waals surface area contributed by atoms with Gasteiger partial charge in [-0.15, -0.1) is 0 Å². The van der Waals surface area contributed by atoms with Gasteiger partial charge in [0.25, 0.3) is 0 Å². The number of nitrogens with one attached hydrogen (secondary N) is 1. The Labute approximate surface area is 69.2 Å². The van der Waals surface area contributed by atoms with Gasteiger partial charge in [-0.1, -0.05) is 0 Å². The highest BCUT2D eigenvalue weighted by Gasteiger charge is 2.11. The zero-order valence-electron chi connectivity index (χ0n) is 6.82.